The number of carbonyl (C=O) groups excluding carboxylic acids is 1. The van der Waals surface area contributed by atoms with Crippen molar-refractivity contribution in [3.8, 4) is 0 Å². The molecule has 2 aromatic carbocycles. The fraction of sp³-hybridized carbons (Fsp3) is 0.300. The molecule has 1 atom stereocenters. The van der Waals surface area contributed by atoms with Gasteiger partial charge in [-0.15, -0.1) is 0 Å². The van der Waals surface area contributed by atoms with Crippen LogP contribution in [0.4, 0.5) is 0 Å². The number of benzene rings is 2. The van der Waals surface area contributed by atoms with Crippen LogP contribution in [0.1, 0.15) is 42.3 Å². The van der Waals surface area contributed by atoms with E-state index in [4.69, 9.17) is 11.6 Å². The van der Waals surface area contributed by atoms with E-state index in [2.05, 4.69) is 26.1 Å². The molecule has 0 heterocycles. The molecule has 0 aliphatic rings. The SMILES string of the molecule is CC(C)(C)c1ccc(C(=O)N[C@H](Cc2ccccc2Cl)C(=O)O)cc1. The summed E-state index contributed by atoms with van der Waals surface area (Å²) >= 11 is 6.08. The average Bonchev–Trinajstić information content (AvgIpc) is 2.55. The number of nitrogens with one attached hydrogen (secondary N) is 1. The Hall–Kier alpha value is -2.33. The Morgan fingerprint density at radius 2 is 1.68 bits per heavy atom. The molecule has 25 heavy (non-hydrogen) atoms. The monoisotopic (exact) mass is 359 g/mol. The van der Waals surface area contributed by atoms with Crippen molar-refractivity contribution in [1.82, 2.24) is 5.32 Å². The largest absolute Gasteiger partial charge is 0.480 e. The van der Waals surface area contributed by atoms with E-state index in [-0.39, 0.29) is 11.8 Å². The topological polar surface area (TPSA) is 66.4 Å². The molecule has 0 saturated carbocycles. The second kappa shape index (κ2) is 7.70. The lowest BCUT2D eigenvalue weighted by molar-refractivity contribution is -0.139. The molecular weight excluding hydrogens is 338 g/mol. The van der Waals surface area contributed by atoms with Gasteiger partial charge in [0.2, 0.25) is 0 Å². The molecule has 2 N–H and O–H groups in total. The number of carboxylic acids is 1. The van der Waals surface area contributed by atoms with Crippen LogP contribution in [-0.2, 0) is 16.6 Å². The van der Waals surface area contributed by atoms with Gasteiger partial charge in [0, 0.05) is 17.0 Å². The summed E-state index contributed by atoms with van der Waals surface area (Å²) in [5, 5.41) is 12.5. The lowest BCUT2D eigenvalue weighted by atomic mass is 9.86. The number of rotatable bonds is 5. The minimum absolute atomic E-state index is 0.0112. The van der Waals surface area contributed by atoms with E-state index in [1.165, 1.54) is 0 Å². The van der Waals surface area contributed by atoms with Gasteiger partial charge in [0.15, 0.2) is 0 Å². The van der Waals surface area contributed by atoms with Crippen molar-refractivity contribution in [3.05, 3.63) is 70.2 Å². The summed E-state index contributed by atoms with van der Waals surface area (Å²) in [6.07, 6.45) is 0.126. The van der Waals surface area contributed by atoms with E-state index >= 15 is 0 Å². The summed E-state index contributed by atoms with van der Waals surface area (Å²) < 4.78 is 0. The molecule has 0 bridgehead atoms. The third-order valence-corrected chi connectivity index (χ3v) is 4.37. The Kier molecular flexibility index (Phi) is 5.85. The zero-order valence-corrected chi connectivity index (χ0v) is 15.3. The number of hydrogen-bond donors (Lipinski definition) is 2. The maximum atomic E-state index is 12.4. The van der Waals surface area contributed by atoms with Gasteiger partial charge in [0.25, 0.3) is 5.91 Å². The number of aliphatic carboxylic acids is 1. The van der Waals surface area contributed by atoms with Gasteiger partial charge in [-0.1, -0.05) is 62.7 Å². The second-order valence-corrected chi connectivity index (χ2v) is 7.39. The minimum Gasteiger partial charge on any atom is -0.480 e. The van der Waals surface area contributed by atoms with Gasteiger partial charge in [0.05, 0.1) is 0 Å². The summed E-state index contributed by atoms with van der Waals surface area (Å²) in [6.45, 7) is 6.27. The van der Waals surface area contributed by atoms with E-state index in [0.717, 1.165) is 5.56 Å². The summed E-state index contributed by atoms with van der Waals surface area (Å²) in [5.41, 5.74) is 2.20. The molecule has 0 saturated heterocycles. The van der Waals surface area contributed by atoms with E-state index in [0.29, 0.717) is 16.1 Å². The van der Waals surface area contributed by atoms with Gasteiger partial charge >= 0.3 is 5.97 Å². The van der Waals surface area contributed by atoms with Gasteiger partial charge in [0.1, 0.15) is 6.04 Å². The smallest absolute Gasteiger partial charge is 0.326 e. The quantitative estimate of drug-likeness (QED) is 0.845. The molecule has 0 fully saturated rings. The highest BCUT2D eigenvalue weighted by atomic mass is 35.5. The molecule has 0 aliphatic carbocycles. The molecule has 4 nitrogen and oxygen atoms in total. The van der Waals surface area contributed by atoms with Gasteiger partial charge in [-0.2, -0.15) is 0 Å². The Morgan fingerprint density at radius 3 is 2.20 bits per heavy atom. The highest BCUT2D eigenvalue weighted by Crippen LogP contribution is 2.22. The van der Waals surface area contributed by atoms with E-state index in [9.17, 15) is 14.7 Å². The van der Waals surface area contributed by atoms with Crippen molar-refractivity contribution in [2.45, 2.75) is 38.6 Å². The van der Waals surface area contributed by atoms with Crippen LogP contribution < -0.4 is 5.32 Å². The van der Waals surface area contributed by atoms with Gasteiger partial charge in [-0.05, 0) is 34.7 Å². The van der Waals surface area contributed by atoms with Crippen LogP contribution in [0.3, 0.4) is 0 Å². The maximum Gasteiger partial charge on any atom is 0.326 e. The molecule has 0 unspecified atom stereocenters. The number of halogens is 1. The molecule has 2 rings (SSSR count). The van der Waals surface area contributed by atoms with Crippen LogP contribution in [0.15, 0.2) is 48.5 Å². The predicted octanol–water partition coefficient (Wildman–Crippen LogP) is 4.06. The molecule has 0 aromatic heterocycles. The summed E-state index contributed by atoms with van der Waals surface area (Å²) in [7, 11) is 0. The molecule has 1 amide bonds. The van der Waals surface area contributed by atoms with Crippen molar-refractivity contribution >= 4 is 23.5 Å². The van der Waals surface area contributed by atoms with E-state index in [1.807, 2.05) is 12.1 Å². The third kappa shape index (κ3) is 5.07. The Labute approximate surface area is 152 Å². The zero-order chi connectivity index (χ0) is 18.6. The van der Waals surface area contributed by atoms with Crippen LogP contribution in [-0.4, -0.2) is 23.0 Å². The summed E-state index contributed by atoms with van der Waals surface area (Å²) in [4.78, 5) is 23.9. The summed E-state index contributed by atoms with van der Waals surface area (Å²) in [6, 6.07) is 13.2. The average molecular weight is 360 g/mol. The van der Waals surface area contributed by atoms with E-state index < -0.39 is 17.9 Å². The van der Waals surface area contributed by atoms with Gasteiger partial charge < -0.3 is 10.4 Å². The molecule has 5 heteroatoms. The fourth-order valence-corrected chi connectivity index (χ4v) is 2.66. The van der Waals surface area contributed by atoms with Gasteiger partial charge in [-0.25, -0.2) is 4.79 Å². The standard InChI is InChI=1S/C20H22ClNO3/c1-20(2,3)15-10-8-13(9-11-15)18(23)22-17(19(24)25)12-14-6-4-5-7-16(14)21/h4-11,17H,12H2,1-3H3,(H,22,23)(H,24,25)/t17-/m1/s1. The Bertz CT molecular complexity index is 763. The first-order chi connectivity index (χ1) is 11.7. The number of carboxylic acid groups (broad SMARTS) is 1. The first kappa shape index (κ1) is 19.0. The maximum absolute atomic E-state index is 12.4. The highest BCUT2D eigenvalue weighted by molar-refractivity contribution is 6.31. The normalized spacial score (nSPS) is 12.5. The molecule has 132 valence electrons. The number of carbonyl (C=O) groups is 2. The van der Waals surface area contributed by atoms with Crippen LogP contribution in [0.2, 0.25) is 5.02 Å². The van der Waals surface area contributed by atoms with Crippen molar-refractivity contribution in [2.24, 2.45) is 0 Å². The molecule has 0 aliphatic heterocycles. The Morgan fingerprint density at radius 1 is 1.08 bits per heavy atom. The highest BCUT2D eigenvalue weighted by Gasteiger charge is 2.22. The first-order valence-electron chi connectivity index (χ1n) is 8.06. The van der Waals surface area contributed by atoms with Crippen molar-refractivity contribution in [3.63, 3.8) is 0 Å². The van der Waals surface area contributed by atoms with Crippen molar-refractivity contribution < 1.29 is 14.7 Å². The molecule has 0 radical (unpaired) electrons. The predicted molar refractivity (Wildman–Crippen MR) is 99.2 cm³/mol. The molecule has 2 aromatic rings. The van der Waals surface area contributed by atoms with E-state index in [1.54, 1.807) is 36.4 Å². The van der Waals surface area contributed by atoms with Crippen LogP contribution in [0, 0.1) is 0 Å². The molecular formula is C20H22ClNO3. The lowest BCUT2D eigenvalue weighted by Crippen LogP contribution is -2.42. The van der Waals surface area contributed by atoms with Crippen LogP contribution in [0.5, 0.6) is 0 Å². The zero-order valence-electron chi connectivity index (χ0n) is 14.5. The molecule has 0 spiro atoms. The van der Waals surface area contributed by atoms with Crippen LogP contribution >= 0.6 is 11.6 Å². The van der Waals surface area contributed by atoms with Crippen molar-refractivity contribution in [1.29, 1.82) is 0 Å². The Balaban J connectivity index is 2.13. The fourth-order valence-electron chi connectivity index (χ4n) is 2.45. The van der Waals surface area contributed by atoms with Gasteiger partial charge in [-0.3, -0.25) is 4.79 Å². The third-order valence-electron chi connectivity index (χ3n) is 4.00. The summed E-state index contributed by atoms with van der Waals surface area (Å²) in [5.74, 6) is -1.51. The lowest BCUT2D eigenvalue weighted by Gasteiger charge is -2.19. The minimum atomic E-state index is -1.10. The second-order valence-electron chi connectivity index (χ2n) is 6.99. The first-order valence-corrected chi connectivity index (χ1v) is 8.44. The number of amides is 1. The number of hydrogen-bond acceptors (Lipinski definition) is 2. The van der Waals surface area contributed by atoms with Crippen molar-refractivity contribution in [2.75, 3.05) is 0 Å². The van der Waals surface area contributed by atoms with Crippen LogP contribution in [0.25, 0.3) is 0 Å².